The van der Waals surface area contributed by atoms with E-state index in [1.54, 1.807) is 12.3 Å². The average Bonchev–Trinajstić information content (AvgIpc) is 2.44. The van der Waals surface area contributed by atoms with Crippen LogP contribution in [0.5, 0.6) is 0 Å². The van der Waals surface area contributed by atoms with Crippen molar-refractivity contribution < 1.29 is 9.53 Å². The van der Waals surface area contributed by atoms with Crippen LogP contribution in [0.3, 0.4) is 0 Å². The third-order valence-electron chi connectivity index (χ3n) is 4.09. The van der Waals surface area contributed by atoms with Crippen molar-refractivity contribution in [2.75, 3.05) is 51.7 Å². The van der Waals surface area contributed by atoms with Crippen LogP contribution in [-0.4, -0.2) is 72.7 Å². The molecule has 0 aliphatic carbocycles. The molecule has 22 heavy (non-hydrogen) atoms. The summed E-state index contributed by atoms with van der Waals surface area (Å²) in [4.78, 5) is 20.7. The number of morpholine rings is 1. The highest BCUT2D eigenvalue weighted by atomic mass is 79.9. The zero-order valence-corrected chi connectivity index (χ0v) is 14.3. The summed E-state index contributed by atoms with van der Waals surface area (Å²) in [6.07, 6.45) is 2.14. The van der Waals surface area contributed by atoms with Gasteiger partial charge in [-0.05, 0) is 19.2 Å². The van der Waals surface area contributed by atoms with Crippen molar-refractivity contribution in [2.45, 2.75) is 12.0 Å². The fourth-order valence-electron chi connectivity index (χ4n) is 3.18. The second-order valence-corrected chi connectivity index (χ2v) is 7.05. The van der Waals surface area contributed by atoms with Crippen LogP contribution in [-0.2, 0) is 9.53 Å². The Kier molecular flexibility index (Phi) is 4.77. The quantitative estimate of drug-likeness (QED) is 0.864. The summed E-state index contributed by atoms with van der Waals surface area (Å²) in [5.41, 5.74) is -0.00464. The molecular formula is C15H21BrN4O2. The van der Waals surface area contributed by atoms with Crippen LogP contribution in [0.4, 0.5) is 5.82 Å². The molecule has 3 rings (SSSR count). The van der Waals surface area contributed by atoms with Gasteiger partial charge in [-0.25, -0.2) is 4.98 Å². The molecule has 1 aromatic rings. The van der Waals surface area contributed by atoms with Crippen LogP contribution < -0.4 is 5.32 Å². The highest BCUT2D eigenvalue weighted by Crippen LogP contribution is 2.27. The SMILES string of the molecule is CN1CC2(C1)CN(CCC(=O)Nc1cc(Br)ccn1)CCO2. The van der Waals surface area contributed by atoms with E-state index in [-0.39, 0.29) is 11.5 Å². The van der Waals surface area contributed by atoms with Crippen LogP contribution in [0.15, 0.2) is 22.8 Å². The molecule has 0 bridgehead atoms. The van der Waals surface area contributed by atoms with E-state index in [9.17, 15) is 4.79 Å². The van der Waals surface area contributed by atoms with Gasteiger partial charge in [0, 0.05) is 49.8 Å². The van der Waals surface area contributed by atoms with Crippen molar-refractivity contribution in [3.63, 3.8) is 0 Å². The third-order valence-corrected chi connectivity index (χ3v) is 4.58. The van der Waals surface area contributed by atoms with Gasteiger partial charge in [0.05, 0.1) is 6.61 Å². The molecule has 2 fully saturated rings. The molecule has 0 saturated carbocycles. The van der Waals surface area contributed by atoms with E-state index in [2.05, 4.69) is 43.1 Å². The molecule has 0 aromatic carbocycles. The molecule has 3 heterocycles. The van der Waals surface area contributed by atoms with Gasteiger partial charge < -0.3 is 15.0 Å². The fraction of sp³-hybridized carbons (Fsp3) is 0.600. The van der Waals surface area contributed by atoms with Crippen LogP contribution in [0.1, 0.15) is 6.42 Å². The van der Waals surface area contributed by atoms with Crippen LogP contribution in [0.2, 0.25) is 0 Å². The average molecular weight is 369 g/mol. The van der Waals surface area contributed by atoms with Gasteiger partial charge in [0.15, 0.2) is 0 Å². The van der Waals surface area contributed by atoms with Gasteiger partial charge in [-0.2, -0.15) is 0 Å². The number of nitrogens with zero attached hydrogens (tertiary/aromatic N) is 3. The molecule has 2 aliphatic heterocycles. The van der Waals surface area contributed by atoms with E-state index in [4.69, 9.17) is 4.74 Å². The Hall–Kier alpha value is -1.02. The summed E-state index contributed by atoms with van der Waals surface area (Å²) < 4.78 is 6.82. The normalized spacial score (nSPS) is 21.5. The Balaban J connectivity index is 1.45. The van der Waals surface area contributed by atoms with Crippen LogP contribution >= 0.6 is 15.9 Å². The van der Waals surface area contributed by atoms with Crippen LogP contribution in [0, 0.1) is 0 Å². The first-order valence-electron chi connectivity index (χ1n) is 7.51. The number of hydrogen-bond acceptors (Lipinski definition) is 5. The first-order chi connectivity index (χ1) is 10.5. The Labute approximate surface area is 139 Å². The van der Waals surface area contributed by atoms with Gasteiger partial charge in [0.25, 0.3) is 0 Å². The standard InChI is InChI=1S/C15H21BrN4O2/c1-19-9-15(10-19)11-20(6-7-22-15)5-3-14(21)18-13-8-12(16)2-4-17-13/h2,4,8H,3,5-7,9-11H2,1H3,(H,17,18,21). The lowest BCUT2D eigenvalue weighted by atomic mass is 9.92. The molecule has 120 valence electrons. The summed E-state index contributed by atoms with van der Waals surface area (Å²) in [6, 6.07) is 3.63. The van der Waals surface area contributed by atoms with Crippen molar-refractivity contribution in [1.82, 2.24) is 14.8 Å². The highest BCUT2D eigenvalue weighted by molar-refractivity contribution is 9.10. The van der Waals surface area contributed by atoms with Gasteiger partial charge in [0.1, 0.15) is 11.4 Å². The molecule has 1 N–H and O–H groups in total. The van der Waals surface area contributed by atoms with E-state index in [1.165, 1.54) is 0 Å². The number of carbonyl (C=O) groups is 1. The zero-order chi connectivity index (χ0) is 15.6. The lowest BCUT2D eigenvalue weighted by molar-refractivity contribution is -0.177. The summed E-state index contributed by atoms with van der Waals surface area (Å²) in [6.45, 7) is 5.29. The Bertz CT molecular complexity index is 543. The molecule has 7 heteroatoms. The van der Waals surface area contributed by atoms with E-state index >= 15 is 0 Å². The summed E-state index contributed by atoms with van der Waals surface area (Å²) >= 11 is 3.37. The minimum Gasteiger partial charge on any atom is -0.370 e. The fourth-order valence-corrected chi connectivity index (χ4v) is 3.52. The number of amides is 1. The number of ether oxygens (including phenoxy) is 1. The number of aromatic nitrogens is 1. The van der Waals surface area contributed by atoms with Gasteiger partial charge >= 0.3 is 0 Å². The van der Waals surface area contributed by atoms with E-state index in [1.807, 2.05) is 6.07 Å². The number of nitrogens with one attached hydrogen (secondary N) is 1. The molecule has 1 spiro atoms. The van der Waals surface area contributed by atoms with E-state index < -0.39 is 0 Å². The molecule has 6 nitrogen and oxygen atoms in total. The highest BCUT2D eigenvalue weighted by Gasteiger charge is 2.45. The Morgan fingerprint density at radius 1 is 1.50 bits per heavy atom. The predicted molar refractivity (Wildman–Crippen MR) is 87.8 cm³/mol. The van der Waals surface area contributed by atoms with Gasteiger partial charge in [-0.3, -0.25) is 9.69 Å². The first kappa shape index (κ1) is 15.9. The summed E-state index contributed by atoms with van der Waals surface area (Å²) in [7, 11) is 2.10. The third kappa shape index (κ3) is 3.84. The minimum atomic E-state index is -0.00464. The number of halogens is 1. The van der Waals surface area contributed by atoms with Gasteiger partial charge in [-0.15, -0.1) is 0 Å². The number of pyridine rings is 1. The monoisotopic (exact) mass is 368 g/mol. The van der Waals surface area contributed by atoms with Crippen molar-refractivity contribution in [3.8, 4) is 0 Å². The number of likely N-dealkylation sites (N-methyl/N-ethyl adjacent to an activating group) is 1. The van der Waals surface area contributed by atoms with E-state index in [0.29, 0.717) is 12.2 Å². The second-order valence-electron chi connectivity index (χ2n) is 6.14. The molecule has 2 aliphatic rings. The number of hydrogen-bond donors (Lipinski definition) is 1. The molecule has 2 saturated heterocycles. The molecule has 1 aromatic heterocycles. The van der Waals surface area contributed by atoms with Crippen molar-refractivity contribution >= 4 is 27.7 Å². The van der Waals surface area contributed by atoms with Crippen molar-refractivity contribution in [3.05, 3.63) is 22.8 Å². The summed E-state index contributed by atoms with van der Waals surface area (Å²) in [5.74, 6) is 0.579. The number of carbonyl (C=O) groups excluding carboxylic acids is 1. The van der Waals surface area contributed by atoms with Crippen molar-refractivity contribution in [2.24, 2.45) is 0 Å². The maximum absolute atomic E-state index is 12.0. The van der Waals surface area contributed by atoms with Gasteiger partial charge in [0.2, 0.25) is 5.91 Å². The second kappa shape index (κ2) is 6.62. The van der Waals surface area contributed by atoms with Crippen molar-refractivity contribution in [1.29, 1.82) is 0 Å². The van der Waals surface area contributed by atoms with Crippen LogP contribution in [0.25, 0.3) is 0 Å². The molecule has 0 unspecified atom stereocenters. The number of rotatable bonds is 4. The first-order valence-corrected chi connectivity index (χ1v) is 8.30. The predicted octanol–water partition coefficient (Wildman–Crippen LogP) is 1.19. The minimum absolute atomic E-state index is 0.00290. The van der Waals surface area contributed by atoms with E-state index in [0.717, 1.165) is 43.8 Å². The largest absolute Gasteiger partial charge is 0.370 e. The smallest absolute Gasteiger partial charge is 0.226 e. The molecule has 0 radical (unpaired) electrons. The topological polar surface area (TPSA) is 57.7 Å². The Morgan fingerprint density at radius 3 is 3.05 bits per heavy atom. The maximum atomic E-state index is 12.0. The lowest BCUT2D eigenvalue weighted by Gasteiger charge is -2.52. The van der Waals surface area contributed by atoms with Gasteiger partial charge in [-0.1, -0.05) is 15.9 Å². The maximum Gasteiger partial charge on any atom is 0.226 e. The zero-order valence-electron chi connectivity index (χ0n) is 12.7. The number of anilines is 1. The molecular weight excluding hydrogens is 348 g/mol. The number of likely N-dealkylation sites (tertiary alicyclic amines) is 1. The Morgan fingerprint density at radius 2 is 2.32 bits per heavy atom. The summed E-state index contributed by atoms with van der Waals surface area (Å²) in [5, 5.41) is 2.83. The molecule has 0 atom stereocenters. The molecule has 1 amide bonds. The lowest BCUT2D eigenvalue weighted by Crippen LogP contribution is -2.69.